The van der Waals surface area contributed by atoms with Crippen LogP contribution in [0.15, 0.2) is 18.5 Å². The third kappa shape index (κ3) is 4.16. The number of halogens is 1. The van der Waals surface area contributed by atoms with E-state index in [0.717, 1.165) is 23.7 Å². The Morgan fingerprint density at radius 2 is 2.12 bits per heavy atom. The molecule has 0 spiro atoms. The fourth-order valence-corrected chi connectivity index (χ4v) is 2.84. The summed E-state index contributed by atoms with van der Waals surface area (Å²) in [6, 6.07) is 1.97. The molecular formula is C13H21ClN2S. The maximum atomic E-state index is 6.07. The first-order valence-electron chi connectivity index (χ1n) is 6.01. The molecule has 0 radical (unpaired) electrons. The molecule has 0 saturated heterocycles. The van der Waals surface area contributed by atoms with E-state index in [1.165, 1.54) is 12.8 Å². The van der Waals surface area contributed by atoms with Crippen LogP contribution >= 0.6 is 23.4 Å². The molecule has 4 heteroatoms. The van der Waals surface area contributed by atoms with Crippen molar-refractivity contribution in [2.75, 3.05) is 12.8 Å². The van der Waals surface area contributed by atoms with Gasteiger partial charge in [0.2, 0.25) is 0 Å². The van der Waals surface area contributed by atoms with Crippen LogP contribution in [0.5, 0.6) is 0 Å². The Hall–Kier alpha value is -0.250. The SMILES string of the molecule is CCC(CC)(CNCc1ccncc1Cl)SC. The van der Waals surface area contributed by atoms with Crippen LogP contribution in [0.1, 0.15) is 32.3 Å². The van der Waals surface area contributed by atoms with Crippen LogP contribution in [-0.4, -0.2) is 22.5 Å². The molecule has 0 atom stereocenters. The van der Waals surface area contributed by atoms with Gasteiger partial charge in [0.25, 0.3) is 0 Å². The monoisotopic (exact) mass is 272 g/mol. The Bertz CT molecular complexity index is 332. The van der Waals surface area contributed by atoms with Crippen LogP contribution in [0.25, 0.3) is 0 Å². The first-order valence-corrected chi connectivity index (χ1v) is 7.62. The van der Waals surface area contributed by atoms with Gasteiger partial charge in [-0.05, 0) is 30.7 Å². The van der Waals surface area contributed by atoms with Crippen molar-refractivity contribution in [3.8, 4) is 0 Å². The topological polar surface area (TPSA) is 24.9 Å². The van der Waals surface area contributed by atoms with Gasteiger partial charge in [0.15, 0.2) is 0 Å². The predicted molar refractivity (Wildman–Crippen MR) is 77.8 cm³/mol. The Kier molecular flexibility index (Phi) is 6.31. The van der Waals surface area contributed by atoms with Gasteiger partial charge in [-0.25, -0.2) is 0 Å². The first kappa shape index (κ1) is 14.8. The quantitative estimate of drug-likeness (QED) is 0.818. The number of aromatic nitrogens is 1. The van der Waals surface area contributed by atoms with Gasteiger partial charge in [0.05, 0.1) is 5.02 Å². The number of hydrogen-bond acceptors (Lipinski definition) is 3. The second-order valence-electron chi connectivity index (χ2n) is 4.16. The molecule has 2 nitrogen and oxygen atoms in total. The molecule has 1 N–H and O–H groups in total. The van der Waals surface area contributed by atoms with Crippen molar-refractivity contribution < 1.29 is 0 Å². The van der Waals surface area contributed by atoms with Crippen molar-refractivity contribution in [3.63, 3.8) is 0 Å². The standard InChI is InChI=1S/C13H21ClN2S/c1-4-13(5-2,17-3)10-16-8-11-6-7-15-9-12(11)14/h6-7,9,16H,4-5,8,10H2,1-3H3. The summed E-state index contributed by atoms with van der Waals surface area (Å²) in [6.45, 7) is 6.33. The van der Waals surface area contributed by atoms with Crippen LogP contribution in [0, 0.1) is 0 Å². The Labute approximate surface area is 114 Å². The normalized spacial score (nSPS) is 11.8. The lowest BCUT2D eigenvalue weighted by Crippen LogP contribution is -2.36. The highest BCUT2D eigenvalue weighted by Crippen LogP contribution is 2.29. The van der Waals surface area contributed by atoms with Crippen LogP contribution < -0.4 is 5.32 Å². The lowest BCUT2D eigenvalue weighted by atomic mass is 10.0. The van der Waals surface area contributed by atoms with Gasteiger partial charge >= 0.3 is 0 Å². The molecular weight excluding hydrogens is 252 g/mol. The van der Waals surface area contributed by atoms with Gasteiger partial charge in [-0.15, -0.1) is 0 Å². The van der Waals surface area contributed by atoms with Crippen molar-refractivity contribution >= 4 is 23.4 Å². The zero-order chi connectivity index (χ0) is 12.7. The minimum absolute atomic E-state index is 0.347. The maximum absolute atomic E-state index is 6.07. The van der Waals surface area contributed by atoms with Crippen LogP contribution in [-0.2, 0) is 6.54 Å². The summed E-state index contributed by atoms with van der Waals surface area (Å²) in [5.41, 5.74) is 1.11. The molecule has 0 aromatic carbocycles. The van der Waals surface area contributed by atoms with Crippen molar-refractivity contribution in [3.05, 3.63) is 29.0 Å². The molecule has 0 unspecified atom stereocenters. The van der Waals surface area contributed by atoms with E-state index in [-0.39, 0.29) is 0 Å². The van der Waals surface area contributed by atoms with Gasteiger partial charge in [0, 0.05) is 30.2 Å². The summed E-state index contributed by atoms with van der Waals surface area (Å²) in [5.74, 6) is 0. The van der Waals surface area contributed by atoms with E-state index in [4.69, 9.17) is 11.6 Å². The average molecular weight is 273 g/mol. The minimum atomic E-state index is 0.347. The van der Waals surface area contributed by atoms with Gasteiger partial charge in [-0.1, -0.05) is 25.4 Å². The Balaban J connectivity index is 2.49. The van der Waals surface area contributed by atoms with Crippen molar-refractivity contribution in [1.82, 2.24) is 10.3 Å². The van der Waals surface area contributed by atoms with E-state index >= 15 is 0 Å². The predicted octanol–water partition coefficient (Wildman–Crippen LogP) is 3.75. The average Bonchev–Trinajstić information content (AvgIpc) is 2.37. The van der Waals surface area contributed by atoms with Crippen LogP contribution in [0.4, 0.5) is 0 Å². The molecule has 0 aliphatic carbocycles. The molecule has 1 heterocycles. The third-order valence-corrected chi connectivity index (χ3v) is 5.27. The van der Waals surface area contributed by atoms with Crippen molar-refractivity contribution in [1.29, 1.82) is 0 Å². The maximum Gasteiger partial charge on any atom is 0.0634 e. The number of nitrogens with zero attached hydrogens (tertiary/aromatic N) is 1. The Morgan fingerprint density at radius 1 is 1.41 bits per heavy atom. The molecule has 1 aromatic heterocycles. The highest BCUT2D eigenvalue weighted by atomic mass is 35.5. The number of hydrogen-bond donors (Lipinski definition) is 1. The third-order valence-electron chi connectivity index (χ3n) is 3.34. The summed E-state index contributed by atoms with van der Waals surface area (Å²) < 4.78 is 0.347. The summed E-state index contributed by atoms with van der Waals surface area (Å²) in [4.78, 5) is 3.99. The largest absolute Gasteiger partial charge is 0.311 e. The zero-order valence-electron chi connectivity index (χ0n) is 10.8. The number of nitrogens with one attached hydrogen (secondary N) is 1. The molecule has 0 aliphatic heterocycles. The van der Waals surface area contributed by atoms with Gasteiger partial charge in [0.1, 0.15) is 0 Å². The molecule has 0 amide bonds. The second-order valence-corrected chi connectivity index (χ2v) is 5.85. The number of rotatable bonds is 7. The molecule has 17 heavy (non-hydrogen) atoms. The highest BCUT2D eigenvalue weighted by Gasteiger charge is 2.23. The van der Waals surface area contributed by atoms with Crippen LogP contribution in [0.3, 0.4) is 0 Å². The number of thioether (sulfide) groups is 1. The highest BCUT2D eigenvalue weighted by molar-refractivity contribution is 8.00. The number of pyridine rings is 1. The van der Waals surface area contributed by atoms with Crippen LogP contribution in [0.2, 0.25) is 5.02 Å². The molecule has 0 fully saturated rings. The lowest BCUT2D eigenvalue weighted by Gasteiger charge is -2.30. The van der Waals surface area contributed by atoms with E-state index in [0.29, 0.717) is 4.75 Å². The lowest BCUT2D eigenvalue weighted by molar-refractivity contribution is 0.495. The summed E-state index contributed by atoms with van der Waals surface area (Å²) in [5, 5.41) is 4.24. The first-order chi connectivity index (χ1) is 8.17. The minimum Gasteiger partial charge on any atom is -0.311 e. The second kappa shape index (κ2) is 7.24. The fourth-order valence-electron chi connectivity index (χ4n) is 1.83. The smallest absolute Gasteiger partial charge is 0.0634 e. The summed E-state index contributed by atoms with van der Waals surface area (Å²) >= 11 is 8.02. The zero-order valence-corrected chi connectivity index (χ0v) is 12.4. The molecule has 1 aromatic rings. The van der Waals surface area contributed by atoms with Gasteiger partial charge in [-0.3, -0.25) is 4.98 Å². The van der Waals surface area contributed by atoms with E-state index in [1.54, 1.807) is 12.4 Å². The molecule has 1 rings (SSSR count). The van der Waals surface area contributed by atoms with Crippen molar-refractivity contribution in [2.24, 2.45) is 0 Å². The van der Waals surface area contributed by atoms with E-state index in [9.17, 15) is 0 Å². The van der Waals surface area contributed by atoms with Gasteiger partial charge < -0.3 is 5.32 Å². The fraction of sp³-hybridized carbons (Fsp3) is 0.615. The summed E-state index contributed by atoms with van der Waals surface area (Å²) in [6.07, 6.45) is 8.03. The molecule has 0 saturated carbocycles. The van der Waals surface area contributed by atoms with E-state index < -0.39 is 0 Å². The summed E-state index contributed by atoms with van der Waals surface area (Å²) in [7, 11) is 0. The molecule has 0 bridgehead atoms. The van der Waals surface area contributed by atoms with E-state index in [2.05, 4.69) is 30.4 Å². The molecule has 0 aliphatic rings. The van der Waals surface area contributed by atoms with Crippen molar-refractivity contribution in [2.45, 2.75) is 38.0 Å². The van der Waals surface area contributed by atoms with E-state index in [1.807, 2.05) is 17.8 Å². The van der Waals surface area contributed by atoms with Gasteiger partial charge in [-0.2, -0.15) is 11.8 Å². The Morgan fingerprint density at radius 3 is 2.65 bits per heavy atom. The molecule has 96 valence electrons.